The number of carbonyl (C=O) groups is 6. The average Bonchev–Trinajstić information content (AvgIpc) is 2.67. The topological polar surface area (TPSA) is 237 Å². The molecule has 4 unspecified atom stereocenters. The van der Waals surface area contributed by atoms with Crippen molar-refractivity contribution in [1.82, 2.24) is 16.0 Å². The van der Waals surface area contributed by atoms with E-state index in [0.717, 1.165) is 0 Å². The van der Waals surface area contributed by atoms with E-state index in [1.807, 2.05) is 6.26 Å². The Balaban J connectivity index is 5.10. The summed E-state index contributed by atoms with van der Waals surface area (Å²) in [4.78, 5) is 70.1. The van der Waals surface area contributed by atoms with Crippen LogP contribution in [0.15, 0.2) is 0 Å². The molecule has 0 aliphatic rings. The number of carboxylic acid groups (broad SMARTS) is 1. The number of amides is 5. The number of nitrogens with two attached hydrogens (primary N) is 3. The van der Waals surface area contributed by atoms with Crippen molar-refractivity contribution in [2.75, 3.05) is 12.0 Å². The van der Waals surface area contributed by atoms with E-state index in [0.29, 0.717) is 12.2 Å². The summed E-state index contributed by atoms with van der Waals surface area (Å²) in [6.45, 7) is 1.27. The number of primary amides is 2. The number of hydrogen-bond acceptors (Lipinski definition) is 8. The third-order valence-electron chi connectivity index (χ3n) is 4.05. The molecule has 0 rings (SSSR count). The molecule has 13 nitrogen and oxygen atoms in total. The van der Waals surface area contributed by atoms with E-state index in [1.165, 1.54) is 18.7 Å². The second kappa shape index (κ2) is 14.2. The predicted octanol–water partition coefficient (Wildman–Crippen LogP) is -3.23. The van der Waals surface area contributed by atoms with Gasteiger partial charge < -0.3 is 38.3 Å². The lowest BCUT2D eigenvalue weighted by atomic mass is 10.1. The first-order valence-electron chi connectivity index (χ1n) is 9.34. The molecule has 0 bridgehead atoms. The Labute approximate surface area is 183 Å². The molecule has 14 heteroatoms. The van der Waals surface area contributed by atoms with Crippen molar-refractivity contribution in [1.29, 1.82) is 0 Å². The molecule has 5 amide bonds. The minimum atomic E-state index is -1.57. The third kappa shape index (κ3) is 11.8. The molecule has 0 aromatic carbocycles. The molecular formula is C17H30N6O7S. The Kier molecular flexibility index (Phi) is 12.9. The molecule has 0 saturated heterocycles. The van der Waals surface area contributed by atoms with Gasteiger partial charge in [0, 0.05) is 6.42 Å². The van der Waals surface area contributed by atoms with Crippen LogP contribution in [0.3, 0.4) is 0 Å². The van der Waals surface area contributed by atoms with Crippen LogP contribution < -0.4 is 33.2 Å². The molecule has 0 saturated carbocycles. The molecule has 176 valence electrons. The van der Waals surface area contributed by atoms with Crippen molar-refractivity contribution < 1.29 is 33.9 Å². The van der Waals surface area contributed by atoms with E-state index < -0.39 is 66.1 Å². The van der Waals surface area contributed by atoms with Crippen LogP contribution in [0.5, 0.6) is 0 Å². The third-order valence-corrected chi connectivity index (χ3v) is 4.70. The number of rotatable bonds is 15. The number of hydrogen-bond donors (Lipinski definition) is 7. The van der Waals surface area contributed by atoms with Crippen LogP contribution in [0.4, 0.5) is 0 Å². The zero-order valence-corrected chi connectivity index (χ0v) is 18.2. The van der Waals surface area contributed by atoms with Crippen molar-refractivity contribution in [3.05, 3.63) is 0 Å². The quantitative estimate of drug-likeness (QED) is 0.129. The van der Waals surface area contributed by atoms with Crippen LogP contribution in [0.1, 0.15) is 32.6 Å². The summed E-state index contributed by atoms with van der Waals surface area (Å²) in [5, 5.41) is 15.9. The van der Waals surface area contributed by atoms with Crippen molar-refractivity contribution in [2.24, 2.45) is 17.2 Å². The molecule has 0 aliphatic carbocycles. The fraction of sp³-hybridized carbons (Fsp3) is 0.647. The Morgan fingerprint density at radius 2 is 1.45 bits per heavy atom. The van der Waals surface area contributed by atoms with E-state index in [-0.39, 0.29) is 12.8 Å². The zero-order valence-electron chi connectivity index (χ0n) is 17.4. The number of aliphatic carboxylic acids is 1. The molecule has 0 heterocycles. The maximum atomic E-state index is 12.5. The summed E-state index contributed by atoms with van der Waals surface area (Å²) in [6.07, 6.45) is 1.24. The molecular weight excluding hydrogens is 432 g/mol. The second-order valence-electron chi connectivity index (χ2n) is 6.75. The van der Waals surface area contributed by atoms with Crippen molar-refractivity contribution >= 4 is 47.3 Å². The molecule has 4 atom stereocenters. The molecule has 0 aliphatic heterocycles. The van der Waals surface area contributed by atoms with Crippen molar-refractivity contribution in [3.63, 3.8) is 0 Å². The van der Waals surface area contributed by atoms with Crippen molar-refractivity contribution in [3.8, 4) is 0 Å². The second-order valence-corrected chi connectivity index (χ2v) is 7.74. The van der Waals surface area contributed by atoms with Crippen LogP contribution in [0.25, 0.3) is 0 Å². The van der Waals surface area contributed by atoms with Gasteiger partial charge in [0.2, 0.25) is 29.5 Å². The van der Waals surface area contributed by atoms with Crippen LogP contribution in [-0.4, -0.2) is 76.8 Å². The van der Waals surface area contributed by atoms with E-state index in [1.54, 1.807) is 0 Å². The maximum Gasteiger partial charge on any atom is 0.326 e. The van der Waals surface area contributed by atoms with Crippen LogP contribution in [-0.2, 0) is 28.8 Å². The Bertz CT molecular complexity index is 690. The first-order chi connectivity index (χ1) is 14.4. The highest BCUT2D eigenvalue weighted by molar-refractivity contribution is 7.98. The van der Waals surface area contributed by atoms with Gasteiger partial charge in [0.05, 0.1) is 12.5 Å². The number of carbonyl (C=O) groups excluding carboxylic acids is 5. The highest BCUT2D eigenvalue weighted by atomic mass is 32.2. The lowest BCUT2D eigenvalue weighted by Gasteiger charge is -2.23. The summed E-state index contributed by atoms with van der Waals surface area (Å²) in [6, 6.07) is -4.86. The first-order valence-corrected chi connectivity index (χ1v) is 10.7. The minimum Gasteiger partial charge on any atom is -0.480 e. The molecule has 0 aromatic heterocycles. The largest absolute Gasteiger partial charge is 0.480 e. The van der Waals surface area contributed by atoms with Gasteiger partial charge in [-0.05, 0) is 31.8 Å². The van der Waals surface area contributed by atoms with Gasteiger partial charge in [-0.3, -0.25) is 24.0 Å². The smallest absolute Gasteiger partial charge is 0.326 e. The summed E-state index contributed by atoms with van der Waals surface area (Å²) in [7, 11) is 0. The first kappa shape index (κ1) is 28.1. The fourth-order valence-corrected chi connectivity index (χ4v) is 2.78. The van der Waals surface area contributed by atoms with Gasteiger partial charge >= 0.3 is 5.97 Å². The number of carboxylic acids is 1. The van der Waals surface area contributed by atoms with Gasteiger partial charge in [0.25, 0.3) is 0 Å². The van der Waals surface area contributed by atoms with Crippen LogP contribution in [0.2, 0.25) is 0 Å². The standard InChI is InChI=1S/C17H30N6O7S/c1-8(14(26)23-11(17(29)30)7-13(20)25)21-16(28)10(3-4-12(19)24)22-15(27)9(18)5-6-31-2/h8-11H,3-7,18H2,1-2H3,(H2,19,24)(H2,20,25)(H,21,28)(H,22,27)(H,23,26)(H,29,30). The van der Waals surface area contributed by atoms with E-state index >= 15 is 0 Å². The SMILES string of the molecule is CSCCC(N)C(=O)NC(CCC(N)=O)C(=O)NC(C)C(=O)NC(CC(N)=O)C(=O)O. The molecule has 0 aromatic rings. The summed E-state index contributed by atoms with van der Waals surface area (Å²) in [5.74, 6) is -4.77. The Hall–Kier alpha value is -2.87. The molecule has 0 spiro atoms. The molecule has 31 heavy (non-hydrogen) atoms. The molecule has 0 fully saturated rings. The van der Waals surface area contributed by atoms with Gasteiger partial charge in [-0.25, -0.2) is 4.79 Å². The predicted molar refractivity (Wildman–Crippen MR) is 112 cm³/mol. The van der Waals surface area contributed by atoms with Gasteiger partial charge in [0.1, 0.15) is 18.1 Å². The summed E-state index contributed by atoms with van der Waals surface area (Å²) in [5.41, 5.74) is 15.8. The van der Waals surface area contributed by atoms with E-state index in [2.05, 4.69) is 16.0 Å². The lowest BCUT2D eigenvalue weighted by Crippen LogP contribution is -2.56. The zero-order chi connectivity index (χ0) is 24.1. The number of nitrogens with one attached hydrogen (secondary N) is 3. The van der Waals surface area contributed by atoms with Crippen molar-refractivity contribution in [2.45, 2.75) is 56.8 Å². The van der Waals surface area contributed by atoms with E-state index in [9.17, 15) is 28.8 Å². The van der Waals surface area contributed by atoms with Gasteiger partial charge in [0.15, 0.2) is 0 Å². The van der Waals surface area contributed by atoms with Gasteiger partial charge in [-0.15, -0.1) is 0 Å². The monoisotopic (exact) mass is 462 g/mol. The molecule has 0 radical (unpaired) electrons. The average molecular weight is 463 g/mol. The summed E-state index contributed by atoms with van der Waals surface area (Å²) >= 11 is 1.49. The highest BCUT2D eigenvalue weighted by Crippen LogP contribution is 2.03. The fourth-order valence-electron chi connectivity index (χ4n) is 2.29. The lowest BCUT2D eigenvalue weighted by molar-refractivity contribution is -0.143. The van der Waals surface area contributed by atoms with Gasteiger partial charge in [-0.2, -0.15) is 11.8 Å². The highest BCUT2D eigenvalue weighted by Gasteiger charge is 2.29. The summed E-state index contributed by atoms with van der Waals surface area (Å²) < 4.78 is 0. The Morgan fingerprint density at radius 3 is 1.94 bits per heavy atom. The minimum absolute atomic E-state index is 0.129. The van der Waals surface area contributed by atoms with Gasteiger partial charge in [-0.1, -0.05) is 0 Å². The van der Waals surface area contributed by atoms with E-state index in [4.69, 9.17) is 22.3 Å². The molecule has 10 N–H and O–H groups in total. The normalized spacial score (nSPS) is 14.4. The van der Waals surface area contributed by atoms with Crippen LogP contribution >= 0.6 is 11.8 Å². The Morgan fingerprint density at radius 1 is 0.871 bits per heavy atom. The van der Waals surface area contributed by atoms with Crippen LogP contribution in [0, 0.1) is 0 Å². The maximum absolute atomic E-state index is 12.5. The number of thioether (sulfide) groups is 1.